The second kappa shape index (κ2) is 10.3. The Labute approximate surface area is 215 Å². The Morgan fingerprint density at radius 3 is 2.34 bits per heavy atom. The second-order valence-electron chi connectivity index (χ2n) is 9.38. The van der Waals surface area contributed by atoms with E-state index < -0.39 is 58.9 Å². The van der Waals surface area contributed by atoms with Gasteiger partial charge in [-0.1, -0.05) is 36.4 Å². The highest BCUT2D eigenvalue weighted by Gasteiger charge is 2.30. The lowest BCUT2D eigenvalue weighted by atomic mass is 9.90. The minimum atomic E-state index is -1.39. The Hall–Kier alpha value is -3.56. The third-order valence-electron chi connectivity index (χ3n) is 6.84. The van der Waals surface area contributed by atoms with Crippen LogP contribution in [0.4, 0.5) is 22.0 Å². The van der Waals surface area contributed by atoms with E-state index in [0.717, 1.165) is 18.2 Å². The Morgan fingerprint density at radius 2 is 1.71 bits per heavy atom. The number of halogens is 5. The van der Waals surface area contributed by atoms with Crippen LogP contribution in [0.3, 0.4) is 0 Å². The molecular weight excluding hydrogens is 507 g/mol. The molecule has 5 rings (SSSR count). The number of allylic oxidation sites excluding steroid dienone is 1. The van der Waals surface area contributed by atoms with Crippen LogP contribution in [0.25, 0.3) is 16.7 Å². The number of benzene rings is 3. The van der Waals surface area contributed by atoms with Crippen molar-refractivity contribution < 1.29 is 41.3 Å². The minimum absolute atomic E-state index is 0.0629. The van der Waals surface area contributed by atoms with Crippen LogP contribution in [-0.2, 0) is 9.47 Å². The molecule has 3 atom stereocenters. The van der Waals surface area contributed by atoms with Gasteiger partial charge >= 0.3 is 5.97 Å². The summed E-state index contributed by atoms with van der Waals surface area (Å²) < 4.78 is 82.8. The van der Waals surface area contributed by atoms with Gasteiger partial charge in [0.25, 0.3) is 0 Å². The van der Waals surface area contributed by atoms with Crippen molar-refractivity contribution in [2.24, 2.45) is 0 Å². The second-order valence-corrected chi connectivity index (χ2v) is 9.38. The van der Waals surface area contributed by atoms with E-state index in [9.17, 15) is 27.5 Å². The third kappa shape index (κ3) is 4.96. The Kier molecular flexibility index (Phi) is 7.07. The molecule has 1 saturated heterocycles. The Bertz CT molecular complexity index is 1450. The molecule has 4 nitrogen and oxygen atoms in total. The number of rotatable bonds is 6. The summed E-state index contributed by atoms with van der Waals surface area (Å²) >= 11 is 0. The topological polar surface area (TPSA) is 59.1 Å². The minimum Gasteiger partial charge on any atom is -0.458 e. The van der Waals surface area contributed by atoms with Crippen LogP contribution in [-0.4, -0.2) is 23.8 Å². The molecule has 0 amide bonds. The summed E-state index contributed by atoms with van der Waals surface area (Å²) in [5.41, 5.74) is 0.337. The standard InChI is InChI=1S/C29H23F5O4/c1-14(35)18-8-11-22(28(34)25(18)31)29(36)38-17-5-2-15(3-6-17)19-7-4-16(12-23(19)30)20-9-10-21(24-13-37-24)27(33)26(20)32/h2,4,7-12,14,17,24,35H,3,5-6,13H2,1H3. The maximum atomic E-state index is 15.0. The number of carbonyl (C=O) groups excluding carboxylic acids is 1. The molecule has 0 spiro atoms. The molecule has 0 saturated carbocycles. The highest BCUT2D eigenvalue weighted by Crippen LogP contribution is 2.37. The van der Waals surface area contributed by atoms with Gasteiger partial charge in [-0.15, -0.1) is 0 Å². The maximum Gasteiger partial charge on any atom is 0.341 e. The zero-order valence-electron chi connectivity index (χ0n) is 20.2. The van der Waals surface area contributed by atoms with Crippen LogP contribution in [0.1, 0.15) is 65.4 Å². The summed E-state index contributed by atoms with van der Waals surface area (Å²) in [4.78, 5) is 12.4. The summed E-state index contributed by atoms with van der Waals surface area (Å²) in [5.74, 6) is -6.43. The molecule has 0 aromatic heterocycles. The molecule has 2 aliphatic rings. The molecule has 1 fully saturated rings. The van der Waals surface area contributed by atoms with E-state index in [1.165, 1.54) is 31.2 Å². The molecule has 0 bridgehead atoms. The zero-order valence-corrected chi connectivity index (χ0v) is 20.2. The molecule has 1 heterocycles. The predicted octanol–water partition coefficient (Wildman–Crippen LogP) is 6.97. The molecular formula is C29H23F5O4. The molecule has 1 N–H and O–H groups in total. The van der Waals surface area contributed by atoms with Gasteiger partial charge in [0, 0.05) is 28.7 Å². The summed E-state index contributed by atoms with van der Waals surface area (Å²) in [7, 11) is 0. The first kappa shape index (κ1) is 26.1. The summed E-state index contributed by atoms with van der Waals surface area (Å²) in [6.45, 7) is 1.61. The fourth-order valence-corrected chi connectivity index (χ4v) is 4.63. The van der Waals surface area contributed by atoms with Gasteiger partial charge in [0.05, 0.1) is 18.3 Å². The van der Waals surface area contributed by atoms with Crippen molar-refractivity contribution in [3.05, 3.63) is 99.9 Å². The quantitative estimate of drug-likeness (QED) is 0.213. The summed E-state index contributed by atoms with van der Waals surface area (Å²) in [5, 5.41) is 9.49. The number of epoxide rings is 1. The highest BCUT2D eigenvalue weighted by atomic mass is 19.2. The molecule has 1 aliphatic carbocycles. The van der Waals surface area contributed by atoms with Crippen molar-refractivity contribution in [3.8, 4) is 11.1 Å². The number of hydrogen-bond acceptors (Lipinski definition) is 4. The molecule has 9 heteroatoms. The van der Waals surface area contributed by atoms with E-state index >= 15 is 4.39 Å². The molecule has 3 aromatic carbocycles. The smallest absolute Gasteiger partial charge is 0.341 e. The first-order valence-corrected chi connectivity index (χ1v) is 12.1. The lowest BCUT2D eigenvalue weighted by molar-refractivity contribution is 0.0278. The van der Waals surface area contributed by atoms with Crippen molar-refractivity contribution in [1.82, 2.24) is 0 Å². The lowest BCUT2D eigenvalue weighted by Gasteiger charge is -2.23. The van der Waals surface area contributed by atoms with E-state index in [4.69, 9.17) is 9.47 Å². The normalized spacial score (nSPS) is 19.6. The van der Waals surface area contributed by atoms with Gasteiger partial charge in [-0.25, -0.2) is 26.7 Å². The van der Waals surface area contributed by atoms with Gasteiger partial charge in [-0.3, -0.25) is 0 Å². The first-order chi connectivity index (χ1) is 18.2. The number of aliphatic hydroxyl groups excluding tert-OH is 1. The molecule has 0 radical (unpaired) electrons. The van der Waals surface area contributed by atoms with Gasteiger partial charge in [0.1, 0.15) is 18.0 Å². The summed E-state index contributed by atoms with van der Waals surface area (Å²) in [6.07, 6.45) is 0.257. The van der Waals surface area contributed by atoms with E-state index in [2.05, 4.69) is 0 Å². The van der Waals surface area contributed by atoms with E-state index in [1.54, 1.807) is 6.08 Å². The lowest BCUT2D eigenvalue weighted by Crippen LogP contribution is -2.21. The highest BCUT2D eigenvalue weighted by molar-refractivity contribution is 5.90. The monoisotopic (exact) mass is 530 g/mol. The van der Waals surface area contributed by atoms with Gasteiger partial charge in [0.15, 0.2) is 23.3 Å². The average Bonchev–Trinajstić information content (AvgIpc) is 3.73. The molecule has 38 heavy (non-hydrogen) atoms. The van der Waals surface area contributed by atoms with E-state index in [1.807, 2.05) is 0 Å². The van der Waals surface area contributed by atoms with Crippen LogP contribution in [0.2, 0.25) is 0 Å². The first-order valence-electron chi connectivity index (χ1n) is 12.1. The number of carbonyl (C=O) groups is 1. The number of ether oxygens (including phenoxy) is 2. The number of esters is 1. The SMILES string of the molecule is CC(O)c1ccc(C(=O)OC2CC=C(c3ccc(-c4ccc(C5CO5)c(F)c4F)cc3F)CC2)c(F)c1F. The van der Waals surface area contributed by atoms with Crippen LogP contribution in [0.15, 0.2) is 48.5 Å². The molecule has 1 aliphatic heterocycles. The van der Waals surface area contributed by atoms with Gasteiger partial charge in [-0.05, 0) is 43.0 Å². The Morgan fingerprint density at radius 1 is 0.974 bits per heavy atom. The van der Waals surface area contributed by atoms with Crippen molar-refractivity contribution >= 4 is 11.5 Å². The average molecular weight is 530 g/mol. The molecule has 3 unspecified atom stereocenters. The van der Waals surface area contributed by atoms with E-state index in [0.29, 0.717) is 25.0 Å². The van der Waals surface area contributed by atoms with Crippen molar-refractivity contribution in [3.63, 3.8) is 0 Å². The van der Waals surface area contributed by atoms with Gasteiger partial charge in [0.2, 0.25) is 0 Å². The summed E-state index contributed by atoms with van der Waals surface area (Å²) in [6, 6.07) is 9.15. The van der Waals surface area contributed by atoms with Crippen LogP contribution in [0, 0.1) is 29.1 Å². The van der Waals surface area contributed by atoms with Crippen molar-refractivity contribution in [1.29, 1.82) is 0 Å². The third-order valence-corrected chi connectivity index (χ3v) is 6.84. The van der Waals surface area contributed by atoms with Crippen molar-refractivity contribution in [2.45, 2.75) is 44.5 Å². The number of hydrogen-bond donors (Lipinski definition) is 1. The van der Waals surface area contributed by atoms with Crippen LogP contribution < -0.4 is 0 Å². The number of aliphatic hydroxyl groups is 1. The maximum absolute atomic E-state index is 15.0. The van der Waals surface area contributed by atoms with Gasteiger partial charge < -0.3 is 14.6 Å². The predicted molar refractivity (Wildman–Crippen MR) is 128 cm³/mol. The molecule has 198 valence electrons. The zero-order chi connectivity index (χ0) is 27.1. The van der Waals surface area contributed by atoms with Crippen LogP contribution >= 0.6 is 0 Å². The van der Waals surface area contributed by atoms with Crippen LogP contribution in [0.5, 0.6) is 0 Å². The molecule has 3 aromatic rings. The fourth-order valence-electron chi connectivity index (χ4n) is 4.63. The largest absolute Gasteiger partial charge is 0.458 e. The van der Waals surface area contributed by atoms with E-state index in [-0.39, 0.29) is 34.2 Å². The Balaban J connectivity index is 1.28. The van der Waals surface area contributed by atoms with Gasteiger partial charge in [-0.2, -0.15) is 0 Å². The fraction of sp³-hybridized carbons (Fsp3) is 0.276. The van der Waals surface area contributed by atoms with Crippen molar-refractivity contribution in [2.75, 3.05) is 6.61 Å².